The van der Waals surface area contributed by atoms with E-state index in [2.05, 4.69) is 10.3 Å². The third-order valence-electron chi connectivity index (χ3n) is 4.44. The Morgan fingerprint density at radius 3 is 2.88 bits per heavy atom. The molecule has 0 bridgehead atoms. The maximum atomic E-state index is 14.2. The van der Waals surface area contributed by atoms with Crippen LogP contribution < -0.4 is 10.1 Å². The molecule has 1 aliphatic heterocycles. The molecule has 1 amide bonds. The van der Waals surface area contributed by atoms with Crippen LogP contribution in [0.25, 0.3) is 5.69 Å². The second-order valence-electron chi connectivity index (χ2n) is 6.03. The molecule has 1 atom stereocenters. The number of ether oxygens (including phenoxy) is 1. The second-order valence-corrected chi connectivity index (χ2v) is 6.03. The van der Waals surface area contributed by atoms with Crippen LogP contribution in [0.1, 0.15) is 23.6 Å². The number of aromatic nitrogens is 2. The molecule has 4 rings (SSSR count). The Balaban J connectivity index is 1.84. The lowest BCUT2D eigenvalue weighted by molar-refractivity contribution is -0.116. The van der Waals surface area contributed by atoms with E-state index in [-0.39, 0.29) is 23.9 Å². The van der Waals surface area contributed by atoms with Crippen LogP contribution in [0.15, 0.2) is 48.8 Å². The summed E-state index contributed by atoms with van der Waals surface area (Å²) in [7, 11) is 1.57. The Kier molecular flexibility index (Phi) is 3.91. The molecular weight excluding hydrogens is 340 g/mol. The molecule has 1 aliphatic rings. The van der Waals surface area contributed by atoms with E-state index >= 15 is 0 Å². The molecule has 132 valence electrons. The third-order valence-corrected chi connectivity index (χ3v) is 4.44. The molecule has 0 radical (unpaired) electrons. The fraction of sp³-hybridized carbons (Fsp3) is 0.158. The molecule has 26 heavy (non-hydrogen) atoms. The lowest BCUT2D eigenvalue weighted by Crippen LogP contribution is -2.25. The van der Waals surface area contributed by atoms with Crippen molar-refractivity contribution in [1.82, 2.24) is 9.55 Å². The number of imidazole rings is 1. The average Bonchev–Trinajstić information content (AvgIpc) is 3.06. The number of fused-ring (bicyclic) bond motifs is 1. The molecule has 3 aromatic rings. The van der Waals surface area contributed by atoms with Gasteiger partial charge in [-0.25, -0.2) is 13.8 Å². The summed E-state index contributed by atoms with van der Waals surface area (Å²) in [5.74, 6) is -0.681. The maximum absolute atomic E-state index is 14.2. The molecule has 2 aromatic carbocycles. The van der Waals surface area contributed by atoms with E-state index in [4.69, 9.17) is 4.74 Å². The number of hydrogen-bond acceptors (Lipinski definition) is 3. The van der Waals surface area contributed by atoms with E-state index in [0.717, 1.165) is 23.8 Å². The predicted molar refractivity (Wildman–Crippen MR) is 91.6 cm³/mol. The topological polar surface area (TPSA) is 56.1 Å². The van der Waals surface area contributed by atoms with Crippen LogP contribution in [0.3, 0.4) is 0 Å². The molecule has 1 N–H and O–H groups in total. The van der Waals surface area contributed by atoms with Crippen molar-refractivity contribution in [3.05, 3.63) is 71.7 Å². The highest BCUT2D eigenvalue weighted by Crippen LogP contribution is 2.38. The van der Waals surface area contributed by atoms with Gasteiger partial charge in [0.25, 0.3) is 0 Å². The van der Waals surface area contributed by atoms with Crippen molar-refractivity contribution in [3.63, 3.8) is 0 Å². The van der Waals surface area contributed by atoms with Gasteiger partial charge in [0.1, 0.15) is 29.5 Å². The fourth-order valence-electron chi connectivity index (χ4n) is 3.19. The van der Waals surface area contributed by atoms with Crippen molar-refractivity contribution in [2.24, 2.45) is 0 Å². The van der Waals surface area contributed by atoms with Crippen LogP contribution in [0.4, 0.5) is 14.6 Å². The van der Waals surface area contributed by atoms with Crippen molar-refractivity contribution in [3.8, 4) is 11.4 Å². The minimum absolute atomic E-state index is 0.00894. The highest BCUT2D eigenvalue weighted by Gasteiger charge is 2.31. The first kappa shape index (κ1) is 16.3. The number of methoxy groups -OCH3 is 1. The first-order chi connectivity index (χ1) is 12.6. The molecule has 0 saturated heterocycles. The predicted octanol–water partition coefficient (Wildman–Crippen LogP) is 3.63. The lowest BCUT2D eigenvalue weighted by atomic mass is 9.89. The van der Waals surface area contributed by atoms with Crippen LogP contribution in [-0.2, 0) is 4.79 Å². The molecule has 0 saturated carbocycles. The van der Waals surface area contributed by atoms with Crippen molar-refractivity contribution in [2.75, 3.05) is 12.4 Å². The van der Waals surface area contributed by atoms with E-state index in [1.165, 1.54) is 10.9 Å². The minimum atomic E-state index is -0.607. The number of halogens is 2. The second kappa shape index (κ2) is 6.25. The van der Waals surface area contributed by atoms with E-state index in [1.54, 1.807) is 7.11 Å². The number of hydrogen-bond donors (Lipinski definition) is 1. The molecule has 5 nitrogen and oxygen atoms in total. The molecule has 0 spiro atoms. The highest BCUT2D eigenvalue weighted by molar-refractivity contribution is 5.94. The lowest BCUT2D eigenvalue weighted by Gasteiger charge is -2.23. The van der Waals surface area contributed by atoms with Gasteiger partial charge >= 0.3 is 0 Å². The van der Waals surface area contributed by atoms with Gasteiger partial charge in [-0.1, -0.05) is 12.1 Å². The Morgan fingerprint density at radius 2 is 2.08 bits per heavy atom. The molecular formula is C19H15F2N3O2. The Labute approximate surface area is 148 Å². The van der Waals surface area contributed by atoms with Gasteiger partial charge < -0.3 is 10.1 Å². The van der Waals surface area contributed by atoms with Gasteiger partial charge in [-0.05, 0) is 29.8 Å². The van der Waals surface area contributed by atoms with Gasteiger partial charge in [-0.3, -0.25) is 9.36 Å². The Morgan fingerprint density at radius 1 is 1.23 bits per heavy atom. The molecule has 1 unspecified atom stereocenters. The molecule has 7 heteroatoms. The first-order valence-electron chi connectivity index (χ1n) is 8.03. The van der Waals surface area contributed by atoms with Gasteiger partial charge in [0.2, 0.25) is 5.91 Å². The summed E-state index contributed by atoms with van der Waals surface area (Å²) in [6.45, 7) is 0. The number of rotatable bonds is 3. The zero-order chi connectivity index (χ0) is 18.3. The van der Waals surface area contributed by atoms with Gasteiger partial charge in [-0.15, -0.1) is 0 Å². The SMILES string of the molecule is COc1cccc(C2CC(=O)Nc3c2ncn3-c2cc(F)ccc2F)c1. The average molecular weight is 355 g/mol. The van der Waals surface area contributed by atoms with E-state index in [0.29, 0.717) is 17.3 Å². The van der Waals surface area contributed by atoms with Gasteiger partial charge in [0.05, 0.1) is 18.5 Å². The summed E-state index contributed by atoms with van der Waals surface area (Å²) < 4.78 is 34.4. The van der Waals surface area contributed by atoms with E-state index in [9.17, 15) is 13.6 Å². The zero-order valence-electron chi connectivity index (χ0n) is 13.9. The Hall–Kier alpha value is -3.22. The van der Waals surface area contributed by atoms with Gasteiger partial charge in [0, 0.05) is 18.4 Å². The van der Waals surface area contributed by atoms with Crippen molar-refractivity contribution in [1.29, 1.82) is 0 Å². The minimum Gasteiger partial charge on any atom is -0.497 e. The highest BCUT2D eigenvalue weighted by atomic mass is 19.1. The smallest absolute Gasteiger partial charge is 0.226 e. The number of nitrogens with zero attached hydrogens (tertiary/aromatic N) is 2. The summed E-state index contributed by atoms with van der Waals surface area (Å²) in [5, 5.41) is 2.72. The van der Waals surface area contributed by atoms with Crippen LogP contribution in [0, 0.1) is 11.6 Å². The Bertz CT molecular complexity index is 1000. The van der Waals surface area contributed by atoms with Crippen LogP contribution in [0.5, 0.6) is 5.75 Å². The van der Waals surface area contributed by atoms with Crippen LogP contribution in [-0.4, -0.2) is 22.6 Å². The van der Waals surface area contributed by atoms with Gasteiger partial charge in [-0.2, -0.15) is 0 Å². The van der Waals surface area contributed by atoms with Gasteiger partial charge in [0.15, 0.2) is 0 Å². The third kappa shape index (κ3) is 2.71. The number of carbonyl (C=O) groups excluding carboxylic acids is 1. The van der Waals surface area contributed by atoms with Crippen molar-refractivity contribution >= 4 is 11.7 Å². The zero-order valence-corrected chi connectivity index (χ0v) is 13.9. The van der Waals surface area contributed by atoms with E-state index in [1.807, 2.05) is 24.3 Å². The summed E-state index contributed by atoms with van der Waals surface area (Å²) >= 11 is 0. The molecule has 2 heterocycles. The number of carbonyl (C=O) groups is 1. The summed E-state index contributed by atoms with van der Waals surface area (Å²) in [6.07, 6.45) is 1.60. The van der Waals surface area contributed by atoms with Crippen molar-refractivity contribution < 1.29 is 18.3 Å². The number of nitrogens with one attached hydrogen (secondary N) is 1. The largest absolute Gasteiger partial charge is 0.497 e. The monoisotopic (exact) mass is 355 g/mol. The standard InChI is InChI=1S/C19H15F2N3O2/c1-26-13-4-2-3-11(7-13)14-9-17(25)23-19-18(14)22-10-24(19)16-8-12(20)5-6-15(16)21/h2-8,10,14H,9H2,1H3,(H,23,25). The number of amides is 1. The number of benzene rings is 2. The molecule has 0 aliphatic carbocycles. The quantitative estimate of drug-likeness (QED) is 0.781. The van der Waals surface area contributed by atoms with Crippen molar-refractivity contribution in [2.45, 2.75) is 12.3 Å². The fourth-order valence-corrected chi connectivity index (χ4v) is 3.19. The molecule has 0 fully saturated rings. The van der Waals surface area contributed by atoms with E-state index < -0.39 is 11.6 Å². The maximum Gasteiger partial charge on any atom is 0.226 e. The van der Waals surface area contributed by atoms with Crippen LogP contribution >= 0.6 is 0 Å². The summed E-state index contributed by atoms with van der Waals surface area (Å²) in [6, 6.07) is 10.5. The normalized spacial score (nSPS) is 16.1. The summed E-state index contributed by atoms with van der Waals surface area (Å²) in [5.41, 5.74) is 1.46. The summed E-state index contributed by atoms with van der Waals surface area (Å²) in [4.78, 5) is 16.6. The van der Waals surface area contributed by atoms with Crippen LogP contribution in [0.2, 0.25) is 0 Å². The first-order valence-corrected chi connectivity index (χ1v) is 8.03. The molecule has 1 aromatic heterocycles. The number of anilines is 1.